The Bertz CT molecular complexity index is 983. The van der Waals surface area contributed by atoms with E-state index < -0.39 is 38.7 Å². The van der Waals surface area contributed by atoms with Gasteiger partial charge in [-0.05, 0) is 41.0 Å². The summed E-state index contributed by atoms with van der Waals surface area (Å²) in [4.78, 5) is 3.12. The number of hydrogen-bond acceptors (Lipinski definition) is 5. The molecule has 0 saturated heterocycles. The lowest BCUT2D eigenvalue weighted by atomic mass is 9.83. The standard InChI is InChI=1S/C18H17F3INO4S/c19-18(20,21)14-10-11(6-9-23-14)15(24)16-17(25,7-3-8-22)12-4-1-2-5-13(12)28(16,26)27/h1-2,4-6,9-10,15-16,24-25H,3,7-8H2. The maximum Gasteiger partial charge on any atom is 0.433 e. The van der Waals surface area contributed by atoms with Crippen molar-refractivity contribution in [2.45, 2.75) is 40.9 Å². The Kier molecular flexibility index (Phi) is 5.78. The second kappa shape index (κ2) is 7.54. The van der Waals surface area contributed by atoms with Crippen LogP contribution in [0.1, 0.15) is 35.8 Å². The van der Waals surface area contributed by atoms with E-state index >= 15 is 0 Å². The highest BCUT2D eigenvalue weighted by Gasteiger charge is 2.58. The number of aliphatic hydroxyl groups excluding tert-OH is 1. The fraction of sp³-hybridized carbons (Fsp3) is 0.389. The second-order valence-corrected chi connectivity index (χ2v) is 9.71. The quantitative estimate of drug-likeness (QED) is 0.460. The van der Waals surface area contributed by atoms with Crippen LogP contribution in [0.5, 0.6) is 0 Å². The summed E-state index contributed by atoms with van der Waals surface area (Å²) in [6.07, 6.45) is -5.23. The van der Waals surface area contributed by atoms with Gasteiger partial charge in [-0.2, -0.15) is 13.2 Å². The molecule has 3 rings (SSSR count). The lowest BCUT2D eigenvalue weighted by Crippen LogP contribution is -2.43. The average Bonchev–Trinajstić information content (AvgIpc) is 2.83. The van der Waals surface area contributed by atoms with Crippen LogP contribution in [0.2, 0.25) is 0 Å². The molecule has 0 aliphatic carbocycles. The van der Waals surface area contributed by atoms with E-state index in [4.69, 9.17) is 0 Å². The van der Waals surface area contributed by atoms with Gasteiger partial charge in [0.15, 0.2) is 9.84 Å². The van der Waals surface area contributed by atoms with Crippen molar-refractivity contribution in [1.82, 2.24) is 4.98 Å². The fourth-order valence-electron chi connectivity index (χ4n) is 3.62. The van der Waals surface area contributed by atoms with Gasteiger partial charge in [-0.3, -0.25) is 4.98 Å². The summed E-state index contributed by atoms with van der Waals surface area (Å²) in [6, 6.07) is 7.62. The Morgan fingerprint density at radius 3 is 2.57 bits per heavy atom. The molecule has 1 aliphatic heterocycles. The summed E-state index contributed by atoms with van der Waals surface area (Å²) in [7, 11) is -4.18. The minimum Gasteiger partial charge on any atom is -0.387 e. The summed E-state index contributed by atoms with van der Waals surface area (Å²) in [5.41, 5.74) is -3.26. The van der Waals surface area contributed by atoms with Gasteiger partial charge in [-0.1, -0.05) is 40.8 Å². The number of aliphatic hydroxyl groups is 2. The van der Waals surface area contributed by atoms with Crippen molar-refractivity contribution < 1.29 is 31.8 Å². The number of sulfone groups is 1. The Morgan fingerprint density at radius 1 is 1.25 bits per heavy atom. The molecule has 3 atom stereocenters. The predicted molar refractivity (Wildman–Crippen MR) is 104 cm³/mol. The topological polar surface area (TPSA) is 87.5 Å². The van der Waals surface area contributed by atoms with Crippen molar-refractivity contribution in [2.24, 2.45) is 0 Å². The third kappa shape index (κ3) is 3.55. The number of nitrogens with zero attached hydrogens (tertiary/aromatic N) is 1. The first kappa shape index (κ1) is 21.5. The number of fused-ring (bicyclic) bond motifs is 1. The molecule has 0 spiro atoms. The van der Waals surface area contributed by atoms with E-state index in [2.05, 4.69) is 27.6 Å². The maximum absolute atomic E-state index is 13.1. The molecule has 1 aromatic carbocycles. The van der Waals surface area contributed by atoms with Crippen LogP contribution in [0.15, 0.2) is 47.5 Å². The normalized spacial score (nSPS) is 24.7. The van der Waals surface area contributed by atoms with E-state index in [1.165, 1.54) is 18.2 Å². The summed E-state index contributed by atoms with van der Waals surface area (Å²) >= 11 is 2.08. The van der Waals surface area contributed by atoms with Crippen LogP contribution >= 0.6 is 22.6 Å². The van der Waals surface area contributed by atoms with Crippen LogP contribution < -0.4 is 0 Å². The molecule has 0 amide bonds. The molecule has 2 N–H and O–H groups in total. The van der Waals surface area contributed by atoms with Crippen LogP contribution in [-0.4, -0.2) is 33.3 Å². The van der Waals surface area contributed by atoms with Gasteiger partial charge in [-0.25, -0.2) is 8.42 Å². The van der Waals surface area contributed by atoms with Crippen molar-refractivity contribution >= 4 is 32.4 Å². The average molecular weight is 527 g/mol. The number of aromatic nitrogens is 1. The highest BCUT2D eigenvalue weighted by molar-refractivity contribution is 14.1. The first-order valence-corrected chi connectivity index (χ1v) is 11.4. The summed E-state index contributed by atoms with van der Waals surface area (Å²) in [6.45, 7) is 0. The SMILES string of the molecule is O=S1(=O)c2ccccc2C(O)(CCCI)C1C(O)c1ccnc(C(F)(F)F)c1. The molecule has 0 fully saturated rings. The van der Waals surface area contributed by atoms with Crippen LogP contribution in [0, 0.1) is 0 Å². The van der Waals surface area contributed by atoms with E-state index in [-0.39, 0.29) is 22.4 Å². The lowest BCUT2D eigenvalue weighted by Gasteiger charge is -2.33. The summed E-state index contributed by atoms with van der Waals surface area (Å²) < 4.78 is 65.8. The van der Waals surface area contributed by atoms with Crippen molar-refractivity contribution in [3.05, 3.63) is 59.4 Å². The molecule has 152 valence electrons. The monoisotopic (exact) mass is 527 g/mol. The third-order valence-corrected chi connectivity index (χ3v) is 7.91. The first-order valence-electron chi connectivity index (χ1n) is 8.36. The number of pyridine rings is 1. The molecule has 1 aliphatic rings. The highest BCUT2D eigenvalue weighted by atomic mass is 127. The minimum absolute atomic E-state index is 0.0467. The Morgan fingerprint density at radius 2 is 1.93 bits per heavy atom. The van der Waals surface area contributed by atoms with E-state index in [0.29, 0.717) is 16.9 Å². The largest absolute Gasteiger partial charge is 0.433 e. The van der Waals surface area contributed by atoms with E-state index in [0.717, 1.165) is 12.3 Å². The molecule has 0 saturated carbocycles. The minimum atomic E-state index is -4.75. The van der Waals surface area contributed by atoms with Crippen molar-refractivity contribution in [3.63, 3.8) is 0 Å². The smallest absolute Gasteiger partial charge is 0.387 e. The molecule has 2 aromatic rings. The number of alkyl halides is 4. The van der Waals surface area contributed by atoms with Crippen LogP contribution in [0.4, 0.5) is 13.2 Å². The first-order chi connectivity index (χ1) is 13.0. The van der Waals surface area contributed by atoms with Crippen LogP contribution in [0.3, 0.4) is 0 Å². The Balaban J connectivity index is 2.14. The zero-order valence-corrected chi connectivity index (χ0v) is 17.4. The van der Waals surface area contributed by atoms with Crippen LogP contribution in [-0.2, 0) is 21.6 Å². The highest BCUT2D eigenvalue weighted by Crippen LogP contribution is 2.50. The van der Waals surface area contributed by atoms with Crippen molar-refractivity contribution in [3.8, 4) is 0 Å². The molecule has 0 bridgehead atoms. The zero-order chi connectivity index (χ0) is 20.7. The van der Waals surface area contributed by atoms with Gasteiger partial charge < -0.3 is 10.2 Å². The molecular weight excluding hydrogens is 510 g/mol. The van der Waals surface area contributed by atoms with Gasteiger partial charge in [-0.15, -0.1) is 0 Å². The molecule has 1 aromatic heterocycles. The summed E-state index contributed by atoms with van der Waals surface area (Å²) in [5.74, 6) is 0. The van der Waals surface area contributed by atoms with Crippen molar-refractivity contribution in [1.29, 1.82) is 0 Å². The summed E-state index contributed by atoms with van der Waals surface area (Å²) in [5, 5.41) is 20.4. The van der Waals surface area contributed by atoms with Gasteiger partial charge in [0.05, 0.1) is 11.0 Å². The van der Waals surface area contributed by atoms with E-state index in [9.17, 15) is 31.8 Å². The molecular formula is C18H17F3INO4S. The van der Waals surface area contributed by atoms with Gasteiger partial charge >= 0.3 is 6.18 Å². The van der Waals surface area contributed by atoms with E-state index in [1.54, 1.807) is 6.07 Å². The number of halogens is 4. The zero-order valence-electron chi connectivity index (χ0n) is 14.4. The van der Waals surface area contributed by atoms with E-state index in [1.807, 2.05) is 0 Å². The molecule has 3 unspecified atom stereocenters. The third-order valence-electron chi connectivity index (χ3n) is 4.86. The fourth-order valence-corrected chi connectivity index (χ4v) is 6.35. The van der Waals surface area contributed by atoms with Gasteiger partial charge in [0.2, 0.25) is 0 Å². The number of rotatable bonds is 5. The van der Waals surface area contributed by atoms with Crippen molar-refractivity contribution in [2.75, 3.05) is 4.43 Å². The Labute approximate surface area is 173 Å². The molecule has 28 heavy (non-hydrogen) atoms. The molecule has 0 radical (unpaired) electrons. The van der Waals surface area contributed by atoms with Gasteiger partial charge in [0.1, 0.15) is 16.5 Å². The lowest BCUT2D eigenvalue weighted by molar-refractivity contribution is -0.141. The Hall–Kier alpha value is -1.24. The molecule has 5 nitrogen and oxygen atoms in total. The van der Waals surface area contributed by atoms with Gasteiger partial charge in [0.25, 0.3) is 0 Å². The maximum atomic E-state index is 13.1. The van der Waals surface area contributed by atoms with Gasteiger partial charge in [0, 0.05) is 11.8 Å². The number of hydrogen-bond donors (Lipinski definition) is 2. The molecule has 2 heterocycles. The predicted octanol–water partition coefficient (Wildman–Crippen LogP) is 3.39. The van der Waals surface area contributed by atoms with Crippen LogP contribution in [0.25, 0.3) is 0 Å². The number of benzene rings is 1. The second-order valence-electron chi connectivity index (χ2n) is 6.60. The molecule has 10 heteroatoms.